The van der Waals surface area contributed by atoms with Crippen molar-refractivity contribution in [2.45, 2.75) is 57.4 Å². The number of nitrogens with one attached hydrogen (secondary N) is 2. The van der Waals surface area contributed by atoms with Gasteiger partial charge in [-0.25, -0.2) is 0 Å². The SMILES string of the molecule is NCCCCCCNC(=O)[C@H]1CC[C@@H](CCCN=C(N)N)C(=O)N1. The zero-order chi connectivity index (χ0) is 17.8. The van der Waals surface area contributed by atoms with Gasteiger partial charge in [0.1, 0.15) is 6.04 Å². The largest absolute Gasteiger partial charge is 0.370 e. The molecule has 1 rings (SSSR count). The fraction of sp³-hybridized carbons (Fsp3) is 0.812. The van der Waals surface area contributed by atoms with E-state index < -0.39 is 6.04 Å². The minimum absolute atomic E-state index is 0.0472. The van der Waals surface area contributed by atoms with E-state index in [-0.39, 0.29) is 23.7 Å². The molecule has 24 heavy (non-hydrogen) atoms. The van der Waals surface area contributed by atoms with Gasteiger partial charge in [-0.05, 0) is 45.1 Å². The predicted molar refractivity (Wildman–Crippen MR) is 95.1 cm³/mol. The molecule has 0 aliphatic carbocycles. The number of guanidine groups is 1. The van der Waals surface area contributed by atoms with Gasteiger partial charge in [0.2, 0.25) is 11.8 Å². The van der Waals surface area contributed by atoms with E-state index in [1.807, 2.05) is 0 Å². The van der Waals surface area contributed by atoms with Crippen LogP contribution in [-0.4, -0.2) is 43.5 Å². The summed E-state index contributed by atoms with van der Waals surface area (Å²) in [6.45, 7) is 1.89. The number of hydrogen-bond acceptors (Lipinski definition) is 4. The van der Waals surface area contributed by atoms with Crippen molar-refractivity contribution >= 4 is 17.8 Å². The Labute approximate surface area is 144 Å². The maximum atomic E-state index is 12.1. The molecule has 138 valence electrons. The highest BCUT2D eigenvalue weighted by atomic mass is 16.2. The van der Waals surface area contributed by atoms with Crippen LogP contribution in [0.1, 0.15) is 51.4 Å². The van der Waals surface area contributed by atoms with E-state index in [9.17, 15) is 9.59 Å². The molecule has 1 saturated heterocycles. The first kappa shape index (κ1) is 20.2. The minimum Gasteiger partial charge on any atom is -0.370 e. The third-order valence-electron chi connectivity index (χ3n) is 4.24. The number of amides is 2. The topological polar surface area (TPSA) is 149 Å². The molecule has 1 aliphatic heterocycles. The van der Waals surface area contributed by atoms with Crippen LogP contribution in [0.4, 0.5) is 0 Å². The van der Waals surface area contributed by atoms with E-state index in [0.717, 1.165) is 44.9 Å². The summed E-state index contributed by atoms with van der Waals surface area (Å²) in [6, 6.07) is -0.407. The Morgan fingerprint density at radius 1 is 1.17 bits per heavy atom. The number of aliphatic imine (C=N–C) groups is 1. The standard InChI is InChI=1S/C16H32N6O2/c17-9-3-1-2-4-10-20-15(24)13-8-7-12(14(23)22-13)6-5-11-21-16(18)19/h12-13H,1-11,17H2,(H,20,24)(H,22,23)(H4,18,19,21)/t12-,13-/m1/s1. The highest BCUT2D eigenvalue weighted by Crippen LogP contribution is 2.20. The summed E-state index contributed by atoms with van der Waals surface area (Å²) in [5.74, 6) is -0.113. The maximum absolute atomic E-state index is 12.1. The van der Waals surface area contributed by atoms with E-state index in [1.54, 1.807) is 0 Å². The summed E-state index contributed by atoms with van der Waals surface area (Å²) in [5, 5.41) is 5.72. The van der Waals surface area contributed by atoms with Crippen molar-refractivity contribution in [3.8, 4) is 0 Å². The smallest absolute Gasteiger partial charge is 0.242 e. The van der Waals surface area contributed by atoms with Crippen LogP contribution in [0.25, 0.3) is 0 Å². The van der Waals surface area contributed by atoms with Crippen molar-refractivity contribution in [2.75, 3.05) is 19.6 Å². The van der Waals surface area contributed by atoms with Crippen LogP contribution in [0.15, 0.2) is 4.99 Å². The first-order chi connectivity index (χ1) is 11.5. The van der Waals surface area contributed by atoms with Gasteiger partial charge in [0.15, 0.2) is 5.96 Å². The van der Waals surface area contributed by atoms with Crippen molar-refractivity contribution in [1.29, 1.82) is 0 Å². The number of piperidine rings is 1. The monoisotopic (exact) mass is 340 g/mol. The van der Waals surface area contributed by atoms with Gasteiger partial charge in [-0.2, -0.15) is 0 Å². The zero-order valence-corrected chi connectivity index (χ0v) is 14.4. The molecule has 2 atom stereocenters. The number of carbonyl (C=O) groups excluding carboxylic acids is 2. The lowest BCUT2D eigenvalue weighted by molar-refractivity contribution is -0.134. The average Bonchev–Trinajstić information content (AvgIpc) is 2.55. The van der Waals surface area contributed by atoms with Crippen molar-refractivity contribution in [3.63, 3.8) is 0 Å². The molecule has 0 aromatic carbocycles. The van der Waals surface area contributed by atoms with E-state index >= 15 is 0 Å². The van der Waals surface area contributed by atoms with Gasteiger partial charge in [0, 0.05) is 19.0 Å². The van der Waals surface area contributed by atoms with Crippen molar-refractivity contribution in [3.05, 3.63) is 0 Å². The molecule has 1 heterocycles. The van der Waals surface area contributed by atoms with E-state index in [2.05, 4.69) is 15.6 Å². The summed E-state index contributed by atoms with van der Waals surface area (Å²) in [6.07, 6.45) is 7.02. The molecule has 0 aromatic heterocycles. The second-order valence-electron chi connectivity index (χ2n) is 6.28. The van der Waals surface area contributed by atoms with Gasteiger partial charge in [-0.3, -0.25) is 14.6 Å². The Kier molecular flexibility index (Phi) is 9.83. The number of unbranched alkanes of at least 4 members (excludes halogenated alkanes) is 3. The molecule has 0 aromatic rings. The second-order valence-corrected chi connectivity index (χ2v) is 6.28. The number of rotatable bonds is 11. The summed E-state index contributed by atoms with van der Waals surface area (Å²) in [4.78, 5) is 28.1. The van der Waals surface area contributed by atoms with Gasteiger partial charge in [0.05, 0.1) is 0 Å². The zero-order valence-electron chi connectivity index (χ0n) is 14.4. The average molecular weight is 340 g/mol. The molecule has 0 spiro atoms. The summed E-state index contributed by atoms with van der Waals surface area (Å²) in [7, 11) is 0. The lowest BCUT2D eigenvalue weighted by atomic mass is 9.90. The number of hydrogen-bond donors (Lipinski definition) is 5. The van der Waals surface area contributed by atoms with Gasteiger partial charge >= 0.3 is 0 Å². The molecule has 0 radical (unpaired) electrons. The van der Waals surface area contributed by atoms with E-state index in [1.165, 1.54) is 0 Å². The molecule has 0 saturated carbocycles. The highest BCUT2D eigenvalue weighted by Gasteiger charge is 2.31. The Morgan fingerprint density at radius 2 is 1.92 bits per heavy atom. The number of carbonyl (C=O) groups is 2. The van der Waals surface area contributed by atoms with Crippen LogP contribution < -0.4 is 27.8 Å². The fourth-order valence-corrected chi connectivity index (χ4v) is 2.84. The lowest BCUT2D eigenvalue weighted by Gasteiger charge is -2.28. The second kappa shape index (κ2) is 11.7. The summed E-state index contributed by atoms with van der Waals surface area (Å²) < 4.78 is 0. The van der Waals surface area contributed by atoms with Gasteiger partial charge in [-0.1, -0.05) is 12.8 Å². The Hall–Kier alpha value is -1.83. The molecular formula is C16H32N6O2. The Bertz CT molecular complexity index is 423. The minimum atomic E-state index is -0.407. The van der Waals surface area contributed by atoms with Crippen LogP contribution >= 0.6 is 0 Å². The predicted octanol–water partition coefficient (Wildman–Crippen LogP) is -0.430. The quantitative estimate of drug-likeness (QED) is 0.196. The van der Waals surface area contributed by atoms with E-state index in [0.29, 0.717) is 26.1 Å². The molecule has 8 nitrogen and oxygen atoms in total. The third kappa shape index (κ3) is 8.14. The molecule has 0 unspecified atom stereocenters. The van der Waals surface area contributed by atoms with Crippen LogP contribution in [0.3, 0.4) is 0 Å². The van der Waals surface area contributed by atoms with Crippen LogP contribution in [-0.2, 0) is 9.59 Å². The van der Waals surface area contributed by atoms with Gasteiger partial charge in [-0.15, -0.1) is 0 Å². The lowest BCUT2D eigenvalue weighted by Crippen LogP contribution is -2.52. The molecule has 1 aliphatic rings. The third-order valence-corrected chi connectivity index (χ3v) is 4.24. The van der Waals surface area contributed by atoms with Crippen molar-refractivity contribution < 1.29 is 9.59 Å². The fourth-order valence-electron chi connectivity index (χ4n) is 2.84. The van der Waals surface area contributed by atoms with Gasteiger partial charge < -0.3 is 27.8 Å². The first-order valence-corrected chi connectivity index (χ1v) is 8.88. The normalized spacial score (nSPS) is 20.3. The van der Waals surface area contributed by atoms with Crippen LogP contribution in [0, 0.1) is 5.92 Å². The molecule has 8 N–H and O–H groups in total. The Morgan fingerprint density at radius 3 is 2.58 bits per heavy atom. The Balaban J connectivity index is 2.18. The molecule has 1 fully saturated rings. The molecule has 8 heteroatoms. The molecule has 2 amide bonds. The van der Waals surface area contributed by atoms with Crippen LogP contribution in [0.2, 0.25) is 0 Å². The van der Waals surface area contributed by atoms with Crippen molar-refractivity contribution in [2.24, 2.45) is 28.1 Å². The van der Waals surface area contributed by atoms with Crippen molar-refractivity contribution in [1.82, 2.24) is 10.6 Å². The maximum Gasteiger partial charge on any atom is 0.242 e. The van der Waals surface area contributed by atoms with Crippen LogP contribution in [0.5, 0.6) is 0 Å². The highest BCUT2D eigenvalue weighted by molar-refractivity contribution is 5.89. The number of nitrogens with two attached hydrogens (primary N) is 3. The van der Waals surface area contributed by atoms with Gasteiger partial charge in [0.25, 0.3) is 0 Å². The summed E-state index contributed by atoms with van der Waals surface area (Å²) in [5.41, 5.74) is 16.0. The number of nitrogens with zero attached hydrogens (tertiary/aromatic N) is 1. The molecule has 0 bridgehead atoms. The molecular weight excluding hydrogens is 308 g/mol. The van der Waals surface area contributed by atoms with E-state index in [4.69, 9.17) is 17.2 Å². The first-order valence-electron chi connectivity index (χ1n) is 8.88. The summed E-state index contributed by atoms with van der Waals surface area (Å²) >= 11 is 0.